The predicted molar refractivity (Wildman–Crippen MR) is 72.0 cm³/mol. The number of hydrogen-bond acceptors (Lipinski definition) is 1. The van der Waals surface area contributed by atoms with E-state index in [-0.39, 0.29) is 0 Å². The van der Waals surface area contributed by atoms with Crippen molar-refractivity contribution in [3.8, 4) is 0 Å². The van der Waals surface area contributed by atoms with Crippen LogP contribution in [0.5, 0.6) is 0 Å². The third-order valence-corrected chi connectivity index (χ3v) is 3.04. The molecule has 0 bridgehead atoms. The average molecular weight is 213 g/mol. The SMILES string of the molecule is C/C=C\C=C/c1cc(C)cc2c1N(C)CC2. The summed E-state index contributed by atoms with van der Waals surface area (Å²) in [6, 6.07) is 4.58. The molecule has 0 unspecified atom stereocenters. The summed E-state index contributed by atoms with van der Waals surface area (Å²) in [7, 11) is 2.17. The maximum atomic E-state index is 2.35. The molecule has 0 aromatic heterocycles. The lowest BCUT2D eigenvalue weighted by atomic mass is 10.0. The molecule has 1 heterocycles. The number of aryl methyl sites for hydroxylation is 1. The Hall–Kier alpha value is -1.50. The second-order valence-corrected chi connectivity index (χ2v) is 4.42. The quantitative estimate of drug-likeness (QED) is 0.679. The zero-order valence-corrected chi connectivity index (χ0v) is 10.3. The van der Waals surface area contributed by atoms with Crippen molar-refractivity contribution in [3.05, 3.63) is 47.1 Å². The van der Waals surface area contributed by atoms with Crippen molar-refractivity contribution in [2.24, 2.45) is 0 Å². The van der Waals surface area contributed by atoms with Gasteiger partial charge in [0.05, 0.1) is 0 Å². The van der Waals surface area contributed by atoms with E-state index in [4.69, 9.17) is 0 Å². The topological polar surface area (TPSA) is 3.24 Å². The molecule has 16 heavy (non-hydrogen) atoms. The number of rotatable bonds is 2. The van der Waals surface area contributed by atoms with Crippen LogP contribution < -0.4 is 4.90 Å². The molecule has 84 valence electrons. The highest BCUT2D eigenvalue weighted by molar-refractivity contribution is 5.74. The Labute approximate surface area is 98.1 Å². The van der Waals surface area contributed by atoms with Crippen LogP contribution in [-0.2, 0) is 6.42 Å². The molecule has 0 N–H and O–H groups in total. The zero-order valence-electron chi connectivity index (χ0n) is 10.3. The molecule has 0 fully saturated rings. The molecule has 2 rings (SSSR count). The third-order valence-electron chi connectivity index (χ3n) is 3.04. The third kappa shape index (κ3) is 2.04. The van der Waals surface area contributed by atoms with E-state index in [1.165, 1.54) is 28.8 Å². The van der Waals surface area contributed by atoms with Gasteiger partial charge in [0.15, 0.2) is 0 Å². The molecule has 0 amide bonds. The smallest absolute Gasteiger partial charge is 0.0470 e. The average Bonchev–Trinajstić information content (AvgIpc) is 2.60. The molecule has 0 atom stereocenters. The van der Waals surface area contributed by atoms with E-state index in [1.54, 1.807) is 0 Å². The van der Waals surface area contributed by atoms with Crippen LogP contribution in [-0.4, -0.2) is 13.6 Å². The van der Waals surface area contributed by atoms with Gasteiger partial charge in [0.2, 0.25) is 0 Å². The van der Waals surface area contributed by atoms with Gasteiger partial charge in [-0.3, -0.25) is 0 Å². The highest BCUT2D eigenvalue weighted by Gasteiger charge is 2.18. The molecule has 0 aliphatic carbocycles. The molecule has 1 aromatic rings. The second kappa shape index (κ2) is 4.56. The van der Waals surface area contributed by atoms with E-state index in [1.807, 2.05) is 6.92 Å². The normalized spacial score (nSPS) is 15.3. The molecule has 1 heteroatoms. The van der Waals surface area contributed by atoms with Gasteiger partial charge < -0.3 is 4.90 Å². The van der Waals surface area contributed by atoms with Gasteiger partial charge >= 0.3 is 0 Å². The van der Waals surface area contributed by atoms with Crippen LogP contribution in [0.15, 0.2) is 30.4 Å². The fourth-order valence-corrected chi connectivity index (χ4v) is 2.34. The highest BCUT2D eigenvalue weighted by Crippen LogP contribution is 2.32. The fraction of sp³-hybridized carbons (Fsp3) is 0.333. The van der Waals surface area contributed by atoms with E-state index in [2.05, 4.69) is 55.3 Å². The summed E-state index contributed by atoms with van der Waals surface area (Å²) in [4.78, 5) is 2.35. The zero-order chi connectivity index (χ0) is 11.5. The van der Waals surface area contributed by atoms with Crippen molar-refractivity contribution >= 4 is 11.8 Å². The van der Waals surface area contributed by atoms with Crippen LogP contribution in [0.1, 0.15) is 23.6 Å². The molecule has 1 aliphatic heterocycles. The Balaban J connectivity index is 2.44. The largest absolute Gasteiger partial charge is 0.374 e. The monoisotopic (exact) mass is 213 g/mol. The first-order valence-electron chi connectivity index (χ1n) is 5.86. The first-order chi connectivity index (χ1) is 7.72. The van der Waals surface area contributed by atoms with Gasteiger partial charge in [-0.1, -0.05) is 35.9 Å². The van der Waals surface area contributed by atoms with Crippen molar-refractivity contribution in [1.82, 2.24) is 0 Å². The maximum Gasteiger partial charge on any atom is 0.0470 e. The van der Waals surface area contributed by atoms with Gasteiger partial charge in [-0.15, -0.1) is 0 Å². The molecule has 1 nitrogen and oxygen atoms in total. The summed E-state index contributed by atoms with van der Waals surface area (Å²) in [5.41, 5.74) is 5.59. The number of allylic oxidation sites excluding steroid dienone is 3. The van der Waals surface area contributed by atoms with Crippen LogP contribution in [0, 0.1) is 6.92 Å². The van der Waals surface area contributed by atoms with Gasteiger partial charge in [-0.2, -0.15) is 0 Å². The summed E-state index contributed by atoms with van der Waals surface area (Å²) >= 11 is 0. The Kier molecular flexibility index (Phi) is 3.14. The summed E-state index contributed by atoms with van der Waals surface area (Å²) < 4.78 is 0. The lowest BCUT2D eigenvalue weighted by Crippen LogP contribution is -2.13. The number of anilines is 1. The first-order valence-corrected chi connectivity index (χ1v) is 5.86. The van der Waals surface area contributed by atoms with Gasteiger partial charge in [0.25, 0.3) is 0 Å². The molecule has 0 saturated heterocycles. The molecular weight excluding hydrogens is 194 g/mol. The van der Waals surface area contributed by atoms with Crippen molar-refractivity contribution in [2.45, 2.75) is 20.3 Å². The van der Waals surface area contributed by atoms with Gasteiger partial charge in [-0.05, 0) is 37.5 Å². The molecule has 0 spiro atoms. The number of hydrogen-bond donors (Lipinski definition) is 0. The van der Waals surface area contributed by atoms with Gasteiger partial charge in [0.1, 0.15) is 0 Å². The van der Waals surface area contributed by atoms with Crippen LogP contribution in [0.3, 0.4) is 0 Å². The first kappa shape index (κ1) is 11.0. The van der Waals surface area contributed by atoms with Gasteiger partial charge in [-0.25, -0.2) is 0 Å². The molecular formula is C15H19N. The number of fused-ring (bicyclic) bond motifs is 1. The summed E-state index contributed by atoms with van der Waals surface area (Å²) in [5.74, 6) is 0. The van der Waals surface area contributed by atoms with E-state index in [0.29, 0.717) is 0 Å². The second-order valence-electron chi connectivity index (χ2n) is 4.42. The summed E-state index contributed by atoms with van der Waals surface area (Å²) in [6.45, 7) is 5.35. The number of benzene rings is 1. The van der Waals surface area contributed by atoms with Crippen LogP contribution in [0.2, 0.25) is 0 Å². The Morgan fingerprint density at radius 1 is 1.25 bits per heavy atom. The van der Waals surface area contributed by atoms with E-state index in [9.17, 15) is 0 Å². The van der Waals surface area contributed by atoms with E-state index in [0.717, 1.165) is 6.54 Å². The van der Waals surface area contributed by atoms with E-state index >= 15 is 0 Å². The van der Waals surface area contributed by atoms with Crippen LogP contribution in [0.25, 0.3) is 6.08 Å². The lowest BCUT2D eigenvalue weighted by molar-refractivity contribution is 0.955. The molecule has 1 aromatic carbocycles. The summed E-state index contributed by atoms with van der Waals surface area (Å²) in [5, 5.41) is 0. The minimum absolute atomic E-state index is 1.14. The molecule has 0 radical (unpaired) electrons. The minimum Gasteiger partial charge on any atom is -0.374 e. The minimum atomic E-state index is 1.14. The fourth-order valence-electron chi connectivity index (χ4n) is 2.34. The van der Waals surface area contributed by atoms with Crippen LogP contribution >= 0.6 is 0 Å². The predicted octanol–water partition coefficient (Wildman–Crippen LogP) is 3.58. The number of nitrogens with zero attached hydrogens (tertiary/aromatic N) is 1. The van der Waals surface area contributed by atoms with Crippen molar-refractivity contribution in [2.75, 3.05) is 18.5 Å². The van der Waals surface area contributed by atoms with Gasteiger partial charge in [0, 0.05) is 19.3 Å². The molecule has 0 saturated carbocycles. The standard InChI is InChI=1S/C15H19N/c1-4-5-6-7-13-10-12(2)11-14-8-9-16(3)15(13)14/h4-7,10-11H,8-9H2,1-3H3/b5-4-,7-6-. The molecule has 1 aliphatic rings. The van der Waals surface area contributed by atoms with Crippen molar-refractivity contribution in [1.29, 1.82) is 0 Å². The van der Waals surface area contributed by atoms with Crippen LogP contribution in [0.4, 0.5) is 5.69 Å². The Morgan fingerprint density at radius 3 is 2.81 bits per heavy atom. The number of likely N-dealkylation sites (N-methyl/N-ethyl adjacent to an activating group) is 1. The highest BCUT2D eigenvalue weighted by atomic mass is 15.1. The van der Waals surface area contributed by atoms with Crippen molar-refractivity contribution in [3.63, 3.8) is 0 Å². The van der Waals surface area contributed by atoms with E-state index < -0.39 is 0 Å². The lowest BCUT2D eigenvalue weighted by Gasteiger charge is -2.15. The Morgan fingerprint density at radius 2 is 2.06 bits per heavy atom. The Bertz CT molecular complexity index is 441. The van der Waals surface area contributed by atoms with Crippen molar-refractivity contribution < 1.29 is 0 Å². The summed E-state index contributed by atoms with van der Waals surface area (Å²) in [6.07, 6.45) is 9.62. The maximum absolute atomic E-state index is 2.35.